The van der Waals surface area contributed by atoms with Gasteiger partial charge in [-0.15, -0.1) is 0 Å². The number of piperazine rings is 1. The van der Waals surface area contributed by atoms with Crippen LogP contribution in [0.3, 0.4) is 0 Å². The van der Waals surface area contributed by atoms with E-state index in [4.69, 9.17) is 9.47 Å². The summed E-state index contributed by atoms with van der Waals surface area (Å²) in [6.45, 7) is 4.72. The Balaban J connectivity index is 2.51. The van der Waals surface area contributed by atoms with E-state index in [0.717, 1.165) is 13.8 Å². The van der Waals surface area contributed by atoms with Crippen molar-refractivity contribution >= 4 is 17.8 Å². The van der Waals surface area contributed by atoms with Gasteiger partial charge in [0.15, 0.2) is 0 Å². The molecule has 24 heavy (non-hydrogen) atoms. The zero-order valence-electron chi connectivity index (χ0n) is 13.3. The monoisotopic (exact) mass is 344 g/mol. The fourth-order valence-electron chi connectivity index (χ4n) is 2.64. The first-order valence-electron chi connectivity index (χ1n) is 7.20. The van der Waals surface area contributed by atoms with E-state index in [0.29, 0.717) is 0 Å². The molecule has 0 radical (unpaired) electrons. The second-order valence-electron chi connectivity index (χ2n) is 6.04. The van der Waals surface area contributed by atoms with Gasteiger partial charge in [0, 0.05) is 6.92 Å². The highest BCUT2D eigenvalue weighted by Crippen LogP contribution is 2.34. The van der Waals surface area contributed by atoms with Crippen LogP contribution in [-0.2, 0) is 23.9 Å². The average molecular weight is 344 g/mol. The van der Waals surface area contributed by atoms with Crippen LogP contribution < -0.4 is 10.6 Å². The van der Waals surface area contributed by atoms with Crippen LogP contribution in [0.25, 0.3) is 0 Å². The van der Waals surface area contributed by atoms with Crippen LogP contribution in [-0.4, -0.2) is 69.5 Å². The highest BCUT2D eigenvalue weighted by molar-refractivity contribution is 6.04. The topological polar surface area (TPSA) is 154 Å². The van der Waals surface area contributed by atoms with E-state index in [1.165, 1.54) is 0 Å². The fraction of sp³-hybridized carbons (Fsp3) is 0.643. The molecule has 3 aliphatic heterocycles. The molecule has 10 nitrogen and oxygen atoms in total. The predicted molar refractivity (Wildman–Crippen MR) is 76.9 cm³/mol. The number of nitrogens with one attached hydrogen (secondary N) is 2. The number of carbonyl (C=O) groups is 3. The van der Waals surface area contributed by atoms with E-state index in [1.54, 1.807) is 0 Å². The van der Waals surface area contributed by atoms with Crippen molar-refractivity contribution in [3.8, 4) is 0 Å². The van der Waals surface area contributed by atoms with E-state index in [9.17, 15) is 29.7 Å². The molecule has 2 amide bonds. The Hall–Kier alpha value is -2.01. The number of hydrogen-bond donors (Lipinski definition) is 5. The zero-order chi connectivity index (χ0) is 18.3. The SMILES string of the molecule is C=C1CCO[C@]2([C@@H](O)[C@@](C)(O)CO)NC(=O)[C@@]1(OC(C)=O)NC2=O. The molecule has 0 aromatic rings. The summed E-state index contributed by atoms with van der Waals surface area (Å²) in [7, 11) is 0. The summed E-state index contributed by atoms with van der Waals surface area (Å²) in [5, 5.41) is 34.0. The Kier molecular flexibility index (Phi) is 4.44. The first-order valence-corrected chi connectivity index (χ1v) is 7.20. The first kappa shape index (κ1) is 18.3. The van der Waals surface area contributed by atoms with Crippen molar-refractivity contribution in [1.82, 2.24) is 10.6 Å². The van der Waals surface area contributed by atoms with Gasteiger partial charge in [-0.2, -0.15) is 0 Å². The Morgan fingerprint density at radius 1 is 1.46 bits per heavy atom. The van der Waals surface area contributed by atoms with Gasteiger partial charge in [-0.05, 0) is 18.9 Å². The summed E-state index contributed by atoms with van der Waals surface area (Å²) in [5.41, 5.74) is -6.54. The van der Waals surface area contributed by atoms with Gasteiger partial charge in [0.1, 0.15) is 11.7 Å². The molecule has 0 aromatic heterocycles. The van der Waals surface area contributed by atoms with Gasteiger partial charge in [-0.1, -0.05) is 6.58 Å². The number of ether oxygens (including phenoxy) is 2. The number of aliphatic hydroxyl groups is 3. The third-order valence-electron chi connectivity index (χ3n) is 4.07. The summed E-state index contributed by atoms with van der Waals surface area (Å²) < 4.78 is 10.3. The minimum absolute atomic E-state index is 0.0384. The second kappa shape index (κ2) is 5.81. The number of hydrogen-bond acceptors (Lipinski definition) is 8. The molecule has 0 spiro atoms. The molecule has 134 valence electrons. The van der Waals surface area contributed by atoms with Crippen LogP contribution in [0, 0.1) is 0 Å². The Morgan fingerprint density at radius 3 is 2.62 bits per heavy atom. The van der Waals surface area contributed by atoms with Crippen LogP contribution in [0.2, 0.25) is 0 Å². The van der Waals surface area contributed by atoms with Gasteiger partial charge in [0.05, 0.1) is 13.2 Å². The molecule has 0 unspecified atom stereocenters. The highest BCUT2D eigenvalue weighted by atomic mass is 16.6. The molecular formula is C14H20N2O8. The average Bonchev–Trinajstić information content (AvgIpc) is 2.49. The van der Waals surface area contributed by atoms with Gasteiger partial charge >= 0.3 is 5.97 Å². The van der Waals surface area contributed by atoms with Crippen LogP contribution in [0.4, 0.5) is 0 Å². The molecule has 3 fully saturated rings. The van der Waals surface area contributed by atoms with Crippen LogP contribution in [0.1, 0.15) is 20.3 Å². The number of esters is 1. The lowest BCUT2D eigenvalue weighted by molar-refractivity contribution is -0.232. The maximum Gasteiger partial charge on any atom is 0.305 e. The summed E-state index contributed by atoms with van der Waals surface area (Å²) in [4.78, 5) is 36.5. The van der Waals surface area contributed by atoms with Crippen molar-refractivity contribution in [2.24, 2.45) is 0 Å². The van der Waals surface area contributed by atoms with E-state index in [2.05, 4.69) is 17.2 Å². The number of amides is 2. The molecule has 2 bridgehead atoms. The molecule has 3 heterocycles. The predicted octanol–water partition coefficient (Wildman–Crippen LogP) is -2.73. The van der Waals surface area contributed by atoms with Gasteiger partial charge in [0.25, 0.3) is 23.3 Å². The summed E-state index contributed by atoms with van der Waals surface area (Å²) >= 11 is 0. The van der Waals surface area contributed by atoms with Crippen molar-refractivity contribution in [3.63, 3.8) is 0 Å². The molecule has 10 heteroatoms. The number of aliphatic hydroxyl groups excluding tert-OH is 2. The Labute approximate surface area is 137 Å². The first-order chi connectivity index (χ1) is 11.0. The highest BCUT2D eigenvalue weighted by Gasteiger charge is 2.65. The van der Waals surface area contributed by atoms with Gasteiger partial charge in [0.2, 0.25) is 0 Å². The third-order valence-corrected chi connectivity index (χ3v) is 4.07. The molecule has 3 aliphatic rings. The smallest absolute Gasteiger partial charge is 0.305 e. The Morgan fingerprint density at radius 2 is 2.08 bits per heavy atom. The van der Waals surface area contributed by atoms with Gasteiger partial charge in [-0.3, -0.25) is 14.4 Å². The minimum atomic E-state index is -2.35. The molecular weight excluding hydrogens is 324 g/mol. The minimum Gasteiger partial charge on any atom is -0.425 e. The summed E-state index contributed by atoms with van der Waals surface area (Å²) in [6.07, 6.45) is -1.96. The third kappa shape index (κ3) is 2.57. The lowest BCUT2D eigenvalue weighted by Gasteiger charge is -2.50. The van der Waals surface area contributed by atoms with Gasteiger partial charge < -0.3 is 35.4 Å². The van der Waals surface area contributed by atoms with Crippen molar-refractivity contribution < 1.29 is 39.2 Å². The fourth-order valence-corrected chi connectivity index (χ4v) is 2.64. The van der Waals surface area contributed by atoms with Crippen molar-refractivity contribution in [2.45, 2.75) is 43.4 Å². The second-order valence-corrected chi connectivity index (χ2v) is 6.04. The van der Waals surface area contributed by atoms with Crippen molar-refractivity contribution in [2.75, 3.05) is 13.2 Å². The molecule has 0 aromatic carbocycles. The van der Waals surface area contributed by atoms with E-state index < -0.39 is 47.5 Å². The Bertz CT molecular complexity index is 604. The number of rotatable bonds is 4. The summed E-state index contributed by atoms with van der Waals surface area (Å²) in [5.74, 6) is -2.87. The lowest BCUT2D eigenvalue weighted by Crippen LogP contribution is -2.83. The molecule has 3 rings (SSSR count). The maximum absolute atomic E-state index is 12.6. The molecule has 4 atom stereocenters. The van der Waals surface area contributed by atoms with Crippen molar-refractivity contribution in [3.05, 3.63) is 12.2 Å². The molecule has 5 N–H and O–H groups in total. The molecule has 3 saturated heterocycles. The van der Waals surface area contributed by atoms with E-state index in [-0.39, 0.29) is 18.6 Å². The number of carbonyl (C=O) groups excluding carboxylic acids is 3. The van der Waals surface area contributed by atoms with Crippen LogP contribution in [0.5, 0.6) is 0 Å². The maximum atomic E-state index is 12.6. The largest absolute Gasteiger partial charge is 0.425 e. The molecule has 0 aliphatic carbocycles. The summed E-state index contributed by atoms with van der Waals surface area (Å²) in [6, 6.07) is 0. The molecule has 0 saturated carbocycles. The quantitative estimate of drug-likeness (QED) is 0.272. The van der Waals surface area contributed by atoms with E-state index in [1.807, 2.05) is 0 Å². The standard InChI is InChI=1S/C14H20N2O8/c1-7-4-5-23-14(9(19)12(3,22)6-17)11(21)15-13(7,10(20)16-14)24-8(2)18/h9,17,19,22H,1,4-6H2,2-3H3,(H,15,21)(H,16,20)/t9-,12-,13+,14-/m0/s1. The van der Waals surface area contributed by atoms with Crippen LogP contribution in [0.15, 0.2) is 12.2 Å². The van der Waals surface area contributed by atoms with Crippen molar-refractivity contribution in [1.29, 1.82) is 0 Å². The van der Waals surface area contributed by atoms with Gasteiger partial charge in [-0.25, -0.2) is 0 Å². The lowest BCUT2D eigenvalue weighted by atomic mass is 9.85. The van der Waals surface area contributed by atoms with E-state index >= 15 is 0 Å². The number of fused-ring (bicyclic) bond motifs is 5. The van der Waals surface area contributed by atoms with Crippen LogP contribution >= 0.6 is 0 Å². The zero-order valence-corrected chi connectivity index (χ0v) is 13.3. The normalized spacial score (nSPS) is 33.6.